The molecule has 1 aliphatic rings. The maximum absolute atomic E-state index is 13.6. The molecule has 0 saturated carbocycles. The van der Waals surface area contributed by atoms with Crippen molar-refractivity contribution in [2.75, 3.05) is 19.7 Å². The largest absolute Gasteiger partial charge is 0.395 e. The van der Waals surface area contributed by atoms with Crippen LogP contribution in [0.5, 0.6) is 0 Å². The summed E-state index contributed by atoms with van der Waals surface area (Å²) in [5.74, 6) is -1.32. The maximum Gasteiger partial charge on any atom is 0.129 e. The first kappa shape index (κ1) is 16.3. The fourth-order valence-electron chi connectivity index (χ4n) is 2.66. The SMILES string of the molecule is OC[C@@H]1[C@@H](O)[C@H](O)[C@@H](O)CN1CCc1c(F)cccc1F. The lowest BCUT2D eigenvalue weighted by Gasteiger charge is -2.43. The van der Waals surface area contributed by atoms with E-state index in [2.05, 4.69) is 0 Å². The van der Waals surface area contributed by atoms with Crippen LogP contribution in [0.3, 0.4) is 0 Å². The Morgan fingerprint density at radius 2 is 1.71 bits per heavy atom. The van der Waals surface area contributed by atoms with Crippen molar-refractivity contribution >= 4 is 0 Å². The molecule has 0 spiro atoms. The molecule has 1 heterocycles. The van der Waals surface area contributed by atoms with Gasteiger partial charge >= 0.3 is 0 Å². The van der Waals surface area contributed by atoms with Crippen LogP contribution in [0.1, 0.15) is 5.56 Å². The zero-order valence-electron chi connectivity index (χ0n) is 11.4. The van der Waals surface area contributed by atoms with Gasteiger partial charge in [-0.05, 0) is 18.6 Å². The van der Waals surface area contributed by atoms with Crippen molar-refractivity contribution in [2.45, 2.75) is 30.8 Å². The van der Waals surface area contributed by atoms with Gasteiger partial charge in [-0.3, -0.25) is 4.90 Å². The Morgan fingerprint density at radius 1 is 1.10 bits per heavy atom. The molecule has 4 atom stereocenters. The predicted octanol–water partition coefficient (Wildman–Crippen LogP) is -0.734. The molecule has 1 aliphatic heterocycles. The highest BCUT2D eigenvalue weighted by atomic mass is 19.1. The average molecular weight is 303 g/mol. The van der Waals surface area contributed by atoms with E-state index in [-0.39, 0.29) is 25.1 Å². The normalized spacial score (nSPS) is 30.6. The summed E-state index contributed by atoms with van der Waals surface area (Å²) in [6.07, 6.45) is -3.80. The van der Waals surface area contributed by atoms with Gasteiger partial charge in [-0.25, -0.2) is 8.78 Å². The number of aliphatic hydroxyl groups excluding tert-OH is 4. The number of aliphatic hydroxyl groups is 4. The van der Waals surface area contributed by atoms with Crippen molar-refractivity contribution in [1.82, 2.24) is 4.90 Å². The van der Waals surface area contributed by atoms with E-state index in [0.717, 1.165) is 12.1 Å². The van der Waals surface area contributed by atoms with Gasteiger partial charge in [0, 0.05) is 18.7 Å². The van der Waals surface area contributed by atoms with Crippen LogP contribution in [-0.4, -0.2) is 69.4 Å². The van der Waals surface area contributed by atoms with Crippen molar-refractivity contribution in [3.8, 4) is 0 Å². The van der Waals surface area contributed by atoms with E-state index in [1.807, 2.05) is 0 Å². The van der Waals surface area contributed by atoms with Gasteiger partial charge < -0.3 is 20.4 Å². The van der Waals surface area contributed by atoms with Crippen molar-refractivity contribution in [2.24, 2.45) is 0 Å². The number of hydrogen-bond acceptors (Lipinski definition) is 5. The Balaban J connectivity index is 2.07. The van der Waals surface area contributed by atoms with Gasteiger partial charge in [-0.2, -0.15) is 0 Å². The molecule has 1 fully saturated rings. The zero-order valence-corrected chi connectivity index (χ0v) is 11.4. The quantitative estimate of drug-likeness (QED) is 0.589. The van der Waals surface area contributed by atoms with Crippen LogP contribution in [0.15, 0.2) is 18.2 Å². The van der Waals surface area contributed by atoms with E-state index in [1.54, 1.807) is 0 Å². The van der Waals surface area contributed by atoms with Gasteiger partial charge in [-0.15, -0.1) is 0 Å². The number of benzene rings is 1. The fourth-order valence-corrected chi connectivity index (χ4v) is 2.66. The Morgan fingerprint density at radius 3 is 2.29 bits per heavy atom. The smallest absolute Gasteiger partial charge is 0.129 e. The molecule has 21 heavy (non-hydrogen) atoms. The number of rotatable bonds is 4. The maximum atomic E-state index is 13.6. The minimum absolute atomic E-state index is 0.0134. The molecule has 1 saturated heterocycles. The summed E-state index contributed by atoms with van der Waals surface area (Å²) in [6, 6.07) is 2.81. The first-order valence-corrected chi connectivity index (χ1v) is 6.77. The number of halogens is 2. The highest BCUT2D eigenvalue weighted by molar-refractivity contribution is 5.20. The van der Waals surface area contributed by atoms with Gasteiger partial charge in [0.05, 0.1) is 18.8 Å². The predicted molar refractivity (Wildman–Crippen MR) is 70.5 cm³/mol. The lowest BCUT2D eigenvalue weighted by Crippen LogP contribution is -2.62. The lowest BCUT2D eigenvalue weighted by atomic mass is 9.94. The highest BCUT2D eigenvalue weighted by Gasteiger charge is 2.40. The molecule has 118 valence electrons. The molecule has 1 aromatic rings. The topological polar surface area (TPSA) is 84.2 Å². The molecule has 0 radical (unpaired) electrons. The Bertz CT molecular complexity index is 468. The van der Waals surface area contributed by atoms with Gasteiger partial charge in [0.1, 0.15) is 23.8 Å². The lowest BCUT2D eigenvalue weighted by molar-refractivity contribution is -0.144. The van der Waals surface area contributed by atoms with Crippen LogP contribution in [0.4, 0.5) is 8.78 Å². The van der Waals surface area contributed by atoms with Gasteiger partial charge in [0.2, 0.25) is 0 Å². The molecule has 1 aromatic carbocycles. The van der Waals surface area contributed by atoms with Crippen LogP contribution in [0.25, 0.3) is 0 Å². The first-order chi connectivity index (χ1) is 9.95. The summed E-state index contributed by atoms with van der Waals surface area (Å²) >= 11 is 0. The molecule has 7 heteroatoms. The zero-order chi connectivity index (χ0) is 15.6. The average Bonchev–Trinajstić information content (AvgIpc) is 2.44. The monoisotopic (exact) mass is 303 g/mol. The second-order valence-corrected chi connectivity index (χ2v) is 5.24. The first-order valence-electron chi connectivity index (χ1n) is 6.77. The summed E-state index contributed by atoms with van der Waals surface area (Å²) < 4.78 is 27.1. The number of likely N-dealkylation sites (tertiary alicyclic amines) is 1. The van der Waals surface area contributed by atoms with Crippen LogP contribution >= 0.6 is 0 Å². The molecule has 2 rings (SSSR count). The number of hydrogen-bond donors (Lipinski definition) is 4. The van der Waals surface area contributed by atoms with Crippen LogP contribution in [0.2, 0.25) is 0 Å². The number of β-amino-alcohol motifs (C(OH)–C–C–N with tert-alkyl or cyclic N) is 1. The van der Waals surface area contributed by atoms with Crippen LogP contribution < -0.4 is 0 Å². The molecular weight excluding hydrogens is 284 g/mol. The van der Waals surface area contributed by atoms with E-state index in [9.17, 15) is 29.2 Å². The Labute approximate surface area is 121 Å². The summed E-state index contributed by atoms with van der Waals surface area (Å²) in [6.45, 7) is -0.270. The van der Waals surface area contributed by atoms with Gasteiger partial charge in [-0.1, -0.05) is 6.07 Å². The van der Waals surface area contributed by atoms with Gasteiger partial charge in [0.15, 0.2) is 0 Å². The molecule has 0 amide bonds. The molecule has 4 N–H and O–H groups in total. The summed E-state index contributed by atoms with van der Waals surface area (Å²) in [5.41, 5.74) is -0.0794. The second-order valence-electron chi connectivity index (χ2n) is 5.24. The molecule has 0 bridgehead atoms. The standard InChI is InChI=1S/C14H19F2NO4/c15-9-2-1-3-10(16)8(9)4-5-17-6-12(19)14(21)13(20)11(17)7-18/h1-3,11-14,18-21H,4-7H2/t11-,12+,13-,14-/m1/s1. The molecule has 0 aromatic heterocycles. The highest BCUT2D eigenvalue weighted by Crippen LogP contribution is 2.20. The third-order valence-electron chi connectivity index (χ3n) is 3.93. The minimum atomic E-state index is -1.34. The second kappa shape index (κ2) is 6.76. The van der Waals surface area contributed by atoms with Crippen LogP contribution in [-0.2, 0) is 6.42 Å². The molecule has 0 aliphatic carbocycles. The van der Waals surface area contributed by atoms with E-state index in [1.165, 1.54) is 11.0 Å². The third-order valence-corrected chi connectivity index (χ3v) is 3.93. The van der Waals surface area contributed by atoms with Crippen molar-refractivity contribution in [1.29, 1.82) is 0 Å². The van der Waals surface area contributed by atoms with Crippen molar-refractivity contribution in [3.63, 3.8) is 0 Å². The van der Waals surface area contributed by atoms with Crippen molar-refractivity contribution < 1.29 is 29.2 Å². The molecule has 5 nitrogen and oxygen atoms in total. The number of piperidine rings is 1. The summed E-state index contributed by atoms with van der Waals surface area (Å²) in [5, 5.41) is 38.4. The molecule has 0 unspecified atom stereocenters. The van der Waals surface area contributed by atoms with E-state index >= 15 is 0 Å². The summed E-state index contributed by atoms with van der Waals surface area (Å²) in [4.78, 5) is 1.52. The van der Waals surface area contributed by atoms with E-state index < -0.39 is 42.6 Å². The summed E-state index contributed by atoms with van der Waals surface area (Å²) in [7, 11) is 0. The fraction of sp³-hybridized carbons (Fsp3) is 0.571. The van der Waals surface area contributed by atoms with Gasteiger partial charge in [0.25, 0.3) is 0 Å². The minimum Gasteiger partial charge on any atom is -0.395 e. The number of nitrogens with zero attached hydrogens (tertiary/aromatic N) is 1. The van der Waals surface area contributed by atoms with Crippen molar-refractivity contribution in [3.05, 3.63) is 35.4 Å². The Kier molecular flexibility index (Phi) is 5.23. The van der Waals surface area contributed by atoms with E-state index in [4.69, 9.17) is 0 Å². The molecular formula is C14H19F2NO4. The third kappa shape index (κ3) is 3.38. The van der Waals surface area contributed by atoms with E-state index in [0.29, 0.717) is 0 Å². The van der Waals surface area contributed by atoms with Crippen LogP contribution in [0, 0.1) is 11.6 Å². The Hall–Kier alpha value is -1.12.